The Morgan fingerprint density at radius 2 is 1.79 bits per heavy atom. The lowest BCUT2D eigenvalue weighted by atomic mass is 9.88. The zero-order valence-electron chi connectivity index (χ0n) is 10.3. The van der Waals surface area contributed by atoms with Crippen LogP contribution in [0.3, 0.4) is 0 Å². The Hall–Kier alpha value is -1.26. The Kier molecular flexibility index (Phi) is 4.02. The van der Waals surface area contributed by atoms with Gasteiger partial charge in [-0.1, -0.05) is 40.2 Å². The van der Waals surface area contributed by atoms with Gasteiger partial charge in [0.2, 0.25) is 0 Å². The second kappa shape index (κ2) is 5.39. The molecule has 2 aromatic rings. The number of hydrogen-bond acceptors (Lipinski definition) is 1. The fourth-order valence-corrected chi connectivity index (χ4v) is 2.36. The Labute approximate surface area is 119 Å². The van der Waals surface area contributed by atoms with E-state index in [1.54, 1.807) is 24.3 Å². The van der Waals surface area contributed by atoms with Gasteiger partial charge in [0.1, 0.15) is 11.6 Å². The smallest absolute Gasteiger partial charge is 0.129 e. The maximum Gasteiger partial charge on any atom is 0.129 e. The van der Waals surface area contributed by atoms with E-state index in [-0.39, 0.29) is 12.0 Å². The minimum atomic E-state index is -1.46. The third-order valence-electron chi connectivity index (χ3n) is 3.00. The van der Waals surface area contributed by atoms with Gasteiger partial charge in [0.05, 0.1) is 5.60 Å². The summed E-state index contributed by atoms with van der Waals surface area (Å²) in [7, 11) is 0. The van der Waals surface area contributed by atoms with Crippen LogP contribution in [-0.2, 0) is 12.0 Å². The van der Waals surface area contributed by atoms with Gasteiger partial charge in [-0.25, -0.2) is 8.78 Å². The molecule has 0 bridgehead atoms. The van der Waals surface area contributed by atoms with E-state index in [0.717, 1.165) is 0 Å². The van der Waals surface area contributed by atoms with Crippen LogP contribution in [-0.4, -0.2) is 5.11 Å². The largest absolute Gasteiger partial charge is 0.385 e. The first-order valence-electron chi connectivity index (χ1n) is 5.81. The Morgan fingerprint density at radius 1 is 1.11 bits per heavy atom. The molecule has 1 N–H and O–H groups in total. The second-order valence-corrected chi connectivity index (χ2v) is 5.58. The first kappa shape index (κ1) is 14.2. The van der Waals surface area contributed by atoms with Crippen molar-refractivity contribution in [2.75, 3.05) is 0 Å². The molecule has 0 aliphatic carbocycles. The van der Waals surface area contributed by atoms with Gasteiger partial charge in [-0.2, -0.15) is 0 Å². The highest BCUT2D eigenvalue weighted by Gasteiger charge is 2.27. The molecule has 1 nitrogen and oxygen atoms in total. The van der Waals surface area contributed by atoms with E-state index in [2.05, 4.69) is 15.9 Å². The number of benzene rings is 2. The fraction of sp³-hybridized carbons (Fsp3) is 0.200. The molecule has 0 radical (unpaired) electrons. The van der Waals surface area contributed by atoms with Crippen LogP contribution >= 0.6 is 15.9 Å². The highest BCUT2D eigenvalue weighted by molar-refractivity contribution is 9.10. The molecule has 1 atom stereocenters. The predicted molar refractivity (Wildman–Crippen MR) is 73.8 cm³/mol. The minimum Gasteiger partial charge on any atom is -0.385 e. The normalized spacial score (nSPS) is 14.2. The van der Waals surface area contributed by atoms with Crippen LogP contribution in [0, 0.1) is 11.6 Å². The van der Waals surface area contributed by atoms with Crippen molar-refractivity contribution in [2.24, 2.45) is 0 Å². The minimum absolute atomic E-state index is 0.00699. The molecule has 0 aliphatic heterocycles. The second-order valence-electron chi connectivity index (χ2n) is 4.67. The van der Waals surface area contributed by atoms with Crippen LogP contribution in [0.25, 0.3) is 0 Å². The summed E-state index contributed by atoms with van der Waals surface area (Å²) >= 11 is 3.17. The fourth-order valence-electron chi connectivity index (χ4n) is 2.03. The topological polar surface area (TPSA) is 20.2 Å². The van der Waals surface area contributed by atoms with Crippen molar-refractivity contribution in [3.05, 3.63) is 69.7 Å². The maximum atomic E-state index is 13.8. The molecule has 1 unspecified atom stereocenters. The van der Waals surface area contributed by atoms with Crippen molar-refractivity contribution in [2.45, 2.75) is 18.9 Å². The molecule has 0 aliphatic rings. The van der Waals surface area contributed by atoms with E-state index in [9.17, 15) is 13.9 Å². The van der Waals surface area contributed by atoms with Crippen LogP contribution < -0.4 is 0 Å². The van der Waals surface area contributed by atoms with Crippen molar-refractivity contribution in [3.63, 3.8) is 0 Å². The maximum absolute atomic E-state index is 13.8. The van der Waals surface area contributed by atoms with Gasteiger partial charge in [0.15, 0.2) is 0 Å². The van der Waals surface area contributed by atoms with E-state index in [4.69, 9.17) is 0 Å². The molecule has 0 saturated heterocycles. The molecule has 0 fully saturated rings. The molecule has 0 heterocycles. The number of halogens is 3. The van der Waals surface area contributed by atoms with Crippen molar-refractivity contribution < 1.29 is 13.9 Å². The van der Waals surface area contributed by atoms with Crippen LogP contribution in [0.4, 0.5) is 8.78 Å². The average Bonchev–Trinajstić information content (AvgIpc) is 2.33. The molecule has 0 saturated carbocycles. The summed E-state index contributed by atoms with van der Waals surface area (Å²) in [4.78, 5) is 0. The summed E-state index contributed by atoms with van der Waals surface area (Å²) in [6.45, 7) is 1.48. The van der Waals surface area contributed by atoms with E-state index < -0.39 is 17.2 Å². The summed E-state index contributed by atoms with van der Waals surface area (Å²) in [6, 6.07) is 10.6. The highest BCUT2D eigenvalue weighted by Crippen LogP contribution is 2.29. The predicted octanol–water partition coefficient (Wildman–Crippen LogP) is 4.18. The van der Waals surface area contributed by atoms with Crippen molar-refractivity contribution >= 4 is 15.9 Å². The van der Waals surface area contributed by atoms with Crippen molar-refractivity contribution in [1.82, 2.24) is 0 Å². The first-order chi connectivity index (χ1) is 8.90. The summed E-state index contributed by atoms with van der Waals surface area (Å²) in [5, 5.41) is 10.4. The molecule has 2 aromatic carbocycles. The quantitative estimate of drug-likeness (QED) is 0.897. The molecule has 0 spiro atoms. The Bertz CT molecular complexity index is 596. The molecule has 19 heavy (non-hydrogen) atoms. The average molecular weight is 327 g/mol. The zero-order valence-corrected chi connectivity index (χ0v) is 11.9. The third kappa shape index (κ3) is 3.19. The van der Waals surface area contributed by atoms with Crippen LogP contribution in [0.1, 0.15) is 18.1 Å². The van der Waals surface area contributed by atoms with Gasteiger partial charge >= 0.3 is 0 Å². The first-order valence-corrected chi connectivity index (χ1v) is 6.61. The molecule has 4 heteroatoms. The summed E-state index contributed by atoms with van der Waals surface area (Å²) in [5.74, 6) is -0.920. The number of rotatable bonds is 3. The monoisotopic (exact) mass is 326 g/mol. The van der Waals surface area contributed by atoms with Gasteiger partial charge in [-0.05, 0) is 30.7 Å². The summed E-state index contributed by atoms with van der Waals surface area (Å²) in [5.41, 5.74) is -0.950. The van der Waals surface area contributed by atoms with Gasteiger partial charge in [0, 0.05) is 16.5 Å². The van der Waals surface area contributed by atoms with E-state index >= 15 is 0 Å². The van der Waals surface area contributed by atoms with Gasteiger partial charge in [0.25, 0.3) is 0 Å². The molecule has 2 rings (SSSR count). The lowest BCUT2D eigenvalue weighted by Gasteiger charge is -2.24. The molecular formula is C15H13BrF2O. The zero-order chi connectivity index (χ0) is 14.0. The summed E-state index contributed by atoms with van der Waals surface area (Å²) in [6.07, 6.45) is 0.00699. The number of aliphatic hydroxyl groups is 1. The molecule has 0 amide bonds. The Morgan fingerprint density at radius 3 is 2.42 bits per heavy atom. The van der Waals surface area contributed by atoms with Crippen molar-refractivity contribution in [3.8, 4) is 0 Å². The lowest BCUT2D eigenvalue weighted by Crippen LogP contribution is -2.26. The number of hydrogen-bond donors (Lipinski definition) is 1. The van der Waals surface area contributed by atoms with Gasteiger partial charge in [-0.15, -0.1) is 0 Å². The molecular weight excluding hydrogens is 314 g/mol. The van der Waals surface area contributed by atoms with Crippen LogP contribution in [0.2, 0.25) is 0 Å². The lowest BCUT2D eigenvalue weighted by molar-refractivity contribution is 0.0529. The van der Waals surface area contributed by atoms with E-state index in [1.807, 2.05) is 0 Å². The van der Waals surface area contributed by atoms with E-state index in [0.29, 0.717) is 10.0 Å². The highest BCUT2D eigenvalue weighted by atomic mass is 79.9. The third-order valence-corrected chi connectivity index (χ3v) is 3.50. The van der Waals surface area contributed by atoms with Crippen molar-refractivity contribution in [1.29, 1.82) is 0 Å². The Balaban J connectivity index is 2.33. The standard InChI is InChI=1S/C15H13BrF2O/c1-15(19,12-4-2-3-5-13(12)17)9-10-6-7-11(16)8-14(10)18/h2-8,19H,9H2,1H3. The summed E-state index contributed by atoms with van der Waals surface area (Å²) < 4.78 is 28.1. The van der Waals surface area contributed by atoms with Crippen LogP contribution in [0.5, 0.6) is 0 Å². The van der Waals surface area contributed by atoms with E-state index in [1.165, 1.54) is 25.1 Å². The molecule has 0 aromatic heterocycles. The van der Waals surface area contributed by atoms with Gasteiger partial charge in [-0.3, -0.25) is 0 Å². The SMILES string of the molecule is CC(O)(Cc1ccc(Br)cc1F)c1ccccc1F. The van der Waals surface area contributed by atoms with Gasteiger partial charge < -0.3 is 5.11 Å². The molecule has 100 valence electrons. The van der Waals surface area contributed by atoms with Crippen LogP contribution in [0.15, 0.2) is 46.9 Å².